The number of hydrogen-bond donors (Lipinski definition) is 6. The molecule has 0 spiro atoms. The molecule has 7 N–H and O–H groups in total. The highest BCUT2D eigenvalue weighted by molar-refractivity contribution is 5.96. The zero-order chi connectivity index (χ0) is 39.0. The maximum absolute atomic E-state index is 13.0. The van der Waals surface area contributed by atoms with Crippen LogP contribution in [0.2, 0.25) is 0 Å². The Morgan fingerprint density at radius 3 is 1.91 bits per heavy atom. The third kappa shape index (κ3) is 13.3. The van der Waals surface area contributed by atoms with Crippen molar-refractivity contribution < 1.29 is 38.6 Å². The number of para-hydroxylation sites is 1. The maximum atomic E-state index is 13.0. The third-order valence-electron chi connectivity index (χ3n) is 9.17. The van der Waals surface area contributed by atoms with Gasteiger partial charge in [-0.2, -0.15) is 0 Å². The summed E-state index contributed by atoms with van der Waals surface area (Å²) in [4.78, 5) is 77.2. The van der Waals surface area contributed by atoms with Crippen molar-refractivity contribution in [2.24, 2.45) is 5.73 Å². The van der Waals surface area contributed by atoms with Crippen LogP contribution < -0.4 is 31.7 Å². The lowest BCUT2D eigenvalue weighted by molar-refractivity contribution is -0.141. The molecule has 0 saturated carbocycles. The molecule has 288 valence electrons. The lowest BCUT2D eigenvalue weighted by atomic mass is 10.0. The Kier molecular flexibility index (Phi) is 15.5. The Balaban J connectivity index is 1.20. The third-order valence-corrected chi connectivity index (χ3v) is 9.17. The van der Waals surface area contributed by atoms with Gasteiger partial charge in [0.2, 0.25) is 29.5 Å². The molecule has 5 amide bonds. The molecule has 14 heteroatoms. The number of amides is 5. The lowest BCUT2D eigenvalue weighted by Gasteiger charge is -2.32. The fraction of sp³-hybridized carbons (Fsp3) is 0.400. The van der Waals surface area contributed by atoms with Crippen molar-refractivity contribution in [2.45, 2.75) is 82.6 Å². The molecule has 3 aromatic carbocycles. The summed E-state index contributed by atoms with van der Waals surface area (Å²) in [5.41, 5.74) is 8.57. The summed E-state index contributed by atoms with van der Waals surface area (Å²) in [6, 6.07) is 22.4. The smallest absolute Gasteiger partial charge is 0.305 e. The van der Waals surface area contributed by atoms with Gasteiger partial charge in [-0.05, 0) is 49.4 Å². The van der Waals surface area contributed by atoms with Gasteiger partial charge in [0.05, 0.1) is 6.42 Å². The molecule has 1 saturated heterocycles. The highest BCUT2D eigenvalue weighted by atomic mass is 16.5. The first-order valence-corrected chi connectivity index (χ1v) is 18.1. The number of nitrogens with two attached hydrogens (primary N) is 1. The average Bonchev–Trinajstić information content (AvgIpc) is 3.15. The van der Waals surface area contributed by atoms with E-state index in [1.807, 2.05) is 42.5 Å². The zero-order valence-corrected chi connectivity index (χ0v) is 30.7. The number of carbonyl (C=O) groups is 6. The van der Waals surface area contributed by atoms with Crippen molar-refractivity contribution in [3.63, 3.8) is 0 Å². The summed E-state index contributed by atoms with van der Waals surface area (Å²) < 4.78 is 6.40. The van der Waals surface area contributed by atoms with E-state index in [1.54, 1.807) is 24.3 Å². The van der Waals surface area contributed by atoms with E-state index in [4.69, 9.17) is 10.5 Å². The second kappa shape index (κ2) is 20.5. The van der Waals surface area contributed by atoms with E-state index in [9.17, 15) is 33.9 Å². The number of carbonyl (C=O) groups excluding carboxylic acids is 5. The van der Waals surface area contributed by atoms with E-state index < -0.39 is 66.1 Å². The number of aliphatic carboxylic acids is 1. The van der Waals surface area contributed by atoms with Crippen molar-refractivity contribution in [3.05, 3.63) is 102 Å². The molecule has 0 radical (unpaired) electrons. The Morgan fingerprint density at radius 2 is 1.30 bits per heavy atom. The standard InChI is InChI=1S/C40H50N6O8/c1-26(38(51)42-27(2)39(52)45-32(37(41)50)24-29-13-7-4-8-14-29)43-40(53)33(25-36(48)49)44-35(47)19-22-46-20-17-31(18-21-46)54-34-16-10-9-15-30(34)23-28-11-5-3-6-12-28/h3-16,26-27,31-33H,17-25H2,1-2H3,(H2,41,50)(H,42,51)(H,43,53)(H,44,47)(H,45,52)(H,48,49)/t26-,27-,32+,33-/m0/s1. The van der Waals surface area contributed by atoms with Crippen molar-refractivity contribution in [2.75, 3.05) is 19.6 Å². The van der Waals surface area contributed by atoms with Crippen LogP contribution in [0, 0.1) is 0 Å². The number of hydrogen-bond acceptors (Lipinski definition) is 8. The first kappa shape index (κ1) is 41.0. The van der Waals surface area contributed by atoms with Crippen LogP contribution in [0.1, 0.15) is 56.2 Å². The lowest BCUT2D eigenvalue weighted by Crippen LogP contribution is -2.57. The van der Waals surface area contributed by atoms with Gasteiger partial charge in [0.15, 0.2) is 0 Å². The summed E-state index contributed by atoms with van der Waals surface area (Å²) in [6.07, 6.45) is 1.83. The Labute approximate surface area is 315 Å². The first-order chi connectivity index (χ1) is 25.9. The van der Waals surface area contributed by atoms with Crippen LogP contribution in [0.15, 0.2) is 84.9 Å². The molecular weight excluding hydrogens is 692 g/mol. The fourth-order valence-corrected chi connectivity index (χ4v) is 6.07. The van der Waals surface area contributed by atoms with Gasteiger partial charge in [-0.3, -0.25) is 28.8 Å². The summed E-state index contributed by atoms with van der Waals surface area (Å²) in [6.45, 7) is 4.57. The van der Waals surface area contributed by atoms with Gasteiger partial charge in [-0.15, -0.1) is 0 Å². The zero-order valence-electron chi connectivity index (χ0n) is 30.7. The number of carboxylic acid groups (broad SMARTS) is 1. The molecule has 1 aliphatic heterocycles. The monoisotopic (exact) mass is 742 g/mol. The first-order valence-electron chi connectivity index (χ1n) is 18.1. The van der Waals surface area contributed by atoms with Crippen LogP contribution in [0.4, 0.5) is 0 Å². The van der Waals surface area contributed by atoms with Gasteiger partial charge < -0.3 is 41.7 Å². The number of nitrogens with zero attached hydrogens (tertiary/aromatic N) is 1. The number of piperidine rings is 1. The van der Waals surface area contributed by atoms with Crippen LogP contribution in [0.3, 0.4) is 0 Å². The van der Waals surface area contributed by atoms with Crippen LogP contribution in [0.25, 0.3) is 0 Å². The maximum Gasteiger partial charge on any atom is 0.305 e. The summed E-state index contributed by atoms with van der Waals surface area (Å²) in [7, 11) is 0. The van der Waals surface area contributed by atoms with Crippen LogP contribution in [0.5, 0.6) is 5.75 Å². The molecule has 0 aliphatic carbocycles. The normalized spacial score (nSPS) is 15.4. The molecule has 1 heterocycles. The SMILES string of the molecule is C[C@H](NC(=O)[C@H](C)NC(=O)[C@H](CC(=O)O)NC(=O)CCN1CCC(Oc2ccccc2Cc2ccccc2)CC1)C(=O)N[C@H](Cc1ccccc1)C(N)=O. The van der Waals surface area contributed by atoms with Crippen molar-refractivity contribution in [3.8, 4) is 5.75 Å². The number of benzene rings is 3. The molecular formula is C40H50N6O8. The van der Waals surface area contributed by atoms with E-state index >= 15 is 0 Å². The summed E-state index contributed by atoms with van der Waals surface area (Å²) >= 11 is 0. The molecule has 0 aromatic heterocycles. The fourth-order valence-electron chi connectivity index (χ4n) is 6.07. The molecule has 1 fully saturated rings. The quantitative estimate of drug-likeness (QED) is 0.105. The van der Waals surface area contributed by atoms with E-state index in [0.717, 1.165) is 36.1 Å². The molecule has 4 atom stereocenters. The highest BCUT2D eigenvalue weighted by Gasteiger charge is 2.29. The minimum absolute atomic E-state index is 0.0268. The van der Waals surface area contributed by atoms with E-state index in [2.05, 4.69) is 44.4 Å². The Morgan fingerprint density at radius 1 is 0.741 bits per heavy atom. The van der Waals surface area contributed by atoms with Crippen molar-refractivity contribution in [1.82, 2.24) is 26.2 Å². The predicted molar refractivity (Wildman–Crippen MR) is 201 cm³/mol. The van der Waals surface area contributed by atoms with Crippen LogP contribution in [-0.4, -0.2) is 95.4 Å². The van der Waals surface area contributed by atoms with E-state index in [0.29, 0.717) is 19.6 Å². The Hall–Kier alpha value is -5.76. The highest BCUT2D eigenvalue weighted by Crippen LogP contribution is 2.25. The van der Waals surface area contributed by atoms with Gasteiger partial charge in [-0.1, -0.05) is 78.9 Å². The summed E-state index contributed by atoms with van der Waals surface area (Å²) in [5, 5.41) is 19.3. The largest absolute Gasteiger partial charge is 0.490 e. The van der Waals surface area contributed by atoms with E-state index in [-0.39, 0.29) is 18.9 Å². The van der Waals surface area contributed by atoms with Crippen LogP contribution >= 0.6 is 0 Å². The Bertz CT molecular complexity index is 1730. The van der Waals surface area contributed by atoms with Crippen LogP contribution in [-0.2, 0) is 41.6 Å². The minimum Gasteiger partial charge on any atom is -0.490 e. The minimum atomic E-state index is -1.43. The molecule has 3 aromatic rings. The molecule has 0 unspecified atom stereocenters. The van der Waals surface area contributed by atoms with E-state index in [1.165, 1.54) is 19.4 Å². The number of ether oxygens (including phenoxy) is 1. The van der Waals surface area contributed by atoms with Gasteiger partial charge in [0.1, 0.15) is 36.0 Å². The van der Waals surface area contributed by atoms with Gasteiger partial charge in [0, 0.05) is 38.9 Å². The molecule has 0 bridgehead atoms. The second-order valence-corrected chi connectivity index (χ2v) is 13.5. The van der Waals surface area contributed by atoms with Crippen molar-refractivity contribution >= 4 is 35.5 Å². The number of carboxylic acids is 1. The number of rotatable bonds is 19. The molecule has 14 nitrogen and oxygen atoms in total. The van der Waals surface area contributed by atoms with Gasteiger partial charge in [0.25, 0.3) is 0 Å². The van der Waals surface area contributed by atoms with Crippen molar-refractivity contribution in [1.29, 1.82) is 0 Å². The number of likely N-dealkylation sites (tertiary alicyclic amines) is 1. The molecule has 54 heavy (non-hydrogen) atoms. The number of primary amides is 1. The van der Waals surface area contributed by atoms with Gasteiger partial charge >= 0.3 is 5.97 Å². The average molecular weight is 743 g/mol. The number of nitrogens with one attached hydrogen (secondary N) is 4. The predicted octanol–water partition coefficient (Wildman–Crippen LogP) is 1.69. The summed E-state index contributed by atoms with van der Waals surface area (Å²) in [5.74, 6) is -3.98. The molecule has 1 aliphatic rings. The molecule has 4 rings (SSSR count). The topological polar surface area (TPSA) is 209 Å². The second-order valence-electron chi connectivity index (χ2n) is 13.5. The van der Waals surface area contributed by atoms with Gasteiger partial charge in [-0.25, -0.2) is 0 Å².